The summed E-state index contributed by atoms with van der Waals surface area (Å²) in [5.41, 5.74) is 1.52. The highest BCUT2D eigenvalue weighted by Gasteiger charge is 2.19. The number of nitriles is 1. The van der Waals surface area contributed by atoms with Crippen LogP contribution in [0.1, 0.15) is 17.0 Å². The van der Waals surface area contributed by atoms with Crippen molar-refractivity contribution in [2.75, 3.05) is 0 Å². The Morgan fingerprint density at radius 3 is 2.71 bits per heavy atom. The fourth-order valence-electron chi connectivity index (χ4n) is 1.87. The Kier molecular flexibility index (Phi) is 3.22. The molecule has 0 saturated heterocycles. The van der Waals surface area contributed by atoms with Crippen LogP contribution in [0.4, 0.5) is 4.79 Å². The zero-order valence-electron chi connectivity index (χ0n) is 10.8. The third-order valence-electron chi connectivity index (χ3n) is 2.86. The minimum atomic E-state index is -0.601. The molecule has 0 unspecified atom stereocenters. The van der Waals surface area contributed by atoms with Crippen LogP contribution >= 0.6 is 0 Å². The predicted molar refractivity (Wildman–Crippen MR) is 70.2 cm³/mol. The van der Waals surface area contributed by atoms with E-state index < -0.39 is 6.03 Å². The number of aromatic nitrogens is 6. The molecule has 21 heavy (non-hydrogen) atoms. The summed E-state index contributed by atoms with van der Waals surface area (Å²) in [7, 11) is 0. The number of benzene rings is 1. The molecule has 0 aliphatic heterocycles. The predicted octanol–water partition coefficient (Wildman–Crippen LogP) is 0.848. The molecule has 1 aromatic carbocycles. The van der Waals surface area contributed by atoms with Crippen molar-refractivity contribution >= 4 is 6.03 Å². The second-order valence-electron chi connectivity index (χ2n) is 4.20. The Morgan fingerprint density at radius 1 is 1.24 bits per heavy atom. The molecule has 0 aliphatic rings. The van der Waals surface area contributed by atoms with Crippen LogP contribution in [0.3, 0.4) is 0 Å². The van der Waals surface area contributed by atoms with Gasteiger partial charge in [-0.3, -0.25) is 0 Å². The quantitative estimate of drug-likeness (QED) is 0.689. The maximum atomic E-state index is 12.1. The molecule has 3 rings (SSSR count). The van der Waals surface area contributed by atoms with Crippen LogP contribution in [0.5, 0.6) is 0 Å². The number of hydrogen-bond donors (Lipinski definition) is 0. The first kappa shape index (κ1) is 12.7. The Hall–Kier alpha value is -3.34. The van der Waals surface area contributed by atoms with Crippen molar-refractivity contribution in [3.8, 4) is 6.07 Å². The summed E-state index contributed by atoms with van der Waals surface area (Å²) < 4.78 is 1.91. The summed E-state index contributed by atoms with van der Waals surface area (Å²) in [5.74, 6) is 0. The fraction of sp³-hybridized carbons (Fsp3) is 0.0769. The molecule has 0 saturated carbocycles. The summed E-state index contributed by atoms with van der Waals surface area (Å²) in [5, 5.41) is 24.1. The molecule has 2 heterocycles. The van der Waals surface area contributed by atoms with Crippen LogP contribution in [0.15, 0.2) is 42.7 Å². The molecule has 0 atom stereocenters. The van der Waals surface area contributed by atoms with Gasteiger partial charge in [-0.2, -0.15) is 9.94 Å². The zero-order valence-corrected chi connectivity index (χ0v) is 10.8. The third-order valence-corrected chi connectivity index (χ3v) is 2.86. The van der Waals surface area contributed by atoms with Gasteiger partial charge in [-0.15, -0.1) is 14.9 Å². The van der Waals surface area contributed by atoms with E-state index in [-0.39, 0.29) is 5.69 Å². The monoisotopic (exact) mass is 279 g/mol. The summed E-state index contributed by atoms with van der Waals surface area (Å²) in [4.78, 5) is 12.1. The SMILES string of the molecule is N#Cc1c(Cc2ccccc2)nnn1C(=O)n1ccnn1. The molecule has 102 valence electrons. The van der Waals surface area contributed by atoms with Crippen molar-refractivity contribution in [2.24, 2.45) is 0 Å². The van der Waals surface area contributed by atoms with Crippen molar-refractivity contribution in [3.63, 3.8) is 0 Å². The minimum absolute atomic E-state index is 0.0966. The van der Waals surface area contributed by atoms with E-state index in [4.69, 9.17) is 0 Å². The van der Waals surface area contributed by atoms with Gasteiger partial charge >= 0.3 is 6.03 Å². The molecule has 0 fully saturated rings. The van der Waals surface area contributed by atoms with Gasteiger partial charge in [0.2, 0.25) is 0 Å². The van der Waals surface area contributed by atoms with Gasteiger partial charge in [0.1, 0.15) is 11.8 Å². The lowest BCUT2D eigenvalue weighted by molar-refractivity contribution is 0.237. The maximum Gasteiger partial charge on any atom is 0.373 e. The van der Waals surface area contributed by atoms with Gasteiger partial charge in [-0.05, 0) is 5.56 Å². The number of carbonyl (C=O) groups is 1. The molecule has 8 nitrogen and oxygen atoms in total. The van der Waals surface area contributed by atoms with Gasteiger partial charge in [0.05, 0.1) is 12.4 Å². The Morgan fingerprint density at radius 2 is 2.05 bits per heavy atom. The third kappa shape index (κ3) is 2.40. The van der Waals surface area contributed by atoms with E-state index in [0.29, 0.717) is 12.1 Å². The standard InChI is InChI=1S/C13H9N7O/c14-9-12-11(8-10-4-2-1-3-5-10)16-18-20(12)13(21)19-7-6-15-17-19/h1-7H,8H2. The fourth-order valence-corrected chi connectivity index (χ4v) is 1.87. The van der Waals surface area contributed by atoms with Gasteiger partial charge in [0, 0.05) is 6.42 Å². The van der Waals surface area contributed by atoms with Crippen LogP contribution in [0.25, 0.3) is 0 Å². The van der Waals surface area contributed by atoms with E-state index in [1.807, 2.05) is 36.4 Å². The number of carbonyl (C=O) groups excluding carboxylic acids is 1. The molecule has 0 spiro atoms. The second kappa shape index (κ2) is 5.34. The van der Waals surface area contributed by atoms with E-state index in [1.54, 1.807) is 0 Å². The van der Waals surface area contributed by atoms with Gasteiger partial charge in [0.15, 0.2) is 5.69 Å². The van der Waals surface area contributed by atoms with E-state index in [0.717, 1.165) is 14.9 Å². The van der Waals surface area contributed by atoms with Crippen LogP contribution in [-0.2, 0) is 6.42 Å². The number of nitrogens with zero attached hydrogens (tertiary/aromatic N) is 7. The first-order valence-electron chi connectivity index (χ1n) is 6.09. The van der Waals surface area contributed by atoms with Crippen molar-refractivity contribution in [2.45, 2.75) is 6.42 Å². The lowest BCUT2D eigenvalue weighted by Crippen LogP contribution is -2.22. The van der Waals surface area contributed by atoms with Gasteiger partial charge in [-0.1, -0.05) is 40.8 Å². The topological polar surface area (TPSA) is 102 Å². The molecule has 0 amide bonds. The van der Waals surface area contributed by atoms with Crippen LogP contribution in [0, 0.1) is 11.3 Å². The molecule has 2 aromatic heterocycles. The van der Waals surface area contributed by atoms with Crippen molar-refractivity contribution in [1.82, 2.24) is 30.0 Å². The summed E-state index contributed by atoms with van der Waals surface area (Å²) in [6.45, 7) is 0. The van der Waals surface area contributed by atoms with Crippen LogP contribution in [-0.4, -0.2) is 36.0 Å². The normalized spacial score (nSPS) is 10.2. The molecule has 0 aliphatic carbocycles. The van der Waals surface area contributed by atoms with Crippen LogP contribution in [0.2, 0.25) is 0 Å². The Bertz CT molecular complexity index is 799. The number of rotatable bonds is 2. The number of hydrogen-bond acceptors (Lipinski definition) is 6. The highest BCUT2D eigenvalue weighted by atomic mass is 16.2. The van der Waals surface area contributed by atoms with Crippen molar-refractivity contribution in [3.05, 3.63) is 59.7 Å². The molecule has 8 heteroatoms. The van der Waals surface area contributed by atoms with E-state index in [1.165, 1.54) is 12.4 Å². The molecule has 0 radical (unpaired) electrons. The average molecular weight is 279 g/mol. The van der Waals surface area contributed by atoms with Crippen molar-refractivity contribution < 1.29 is 4.79 Å². The second-order valence-corrected chi connectivity index (χ2v) is 4.20. The highest BCUT2D eigenvalue weighted by Crippen LogP contribution is 2.11. The smallest absolute Gasteiger partial charge is 0.243 e. The zero-order chi connectivity index (χ0) is 14.7. The Balaban J connectivity index is 1.95. The average Bonchev–Trinajstić information content (AvgIpc) is 3.17. The molecular formula is C13H9N7O. The first-order valence-corrected chi connectivity index (χ1v) is 6.09. The van der Waals surface area contributed by atoms with E-state index >= 15 is 0 Å². The van der Waals surface area contributed by atoms with E-state index in [9.17, 15) is 10.1 Å². The molecule has 3 aromatic rings. The van der Waals surface area contributed by atoms with Crippen LogP contribution < -0.4 is 0 Å². The largest absolute Gasteiger partial charge is 0.373 e. The van der Waals surface area contributed by atoms with Gasteiger partial charge in [-0.25, -0.2) is 4.79 Å². The molecule has 0 bridgehead atoms. The summed E-state index contributed by atoms with van der Waals surface area (Å²) in [6, 6.07) is 10.9. The molecular weight excluding hydrogens is 270 g/mol. The van der Waals surface area contributed by atoms with E-state index in [2.05, 4.69) is 20.6 Å². The summed E-state index contributed by atoms with van der Waals surface area (Å²) in [6.07, 6.45) is 3.17. The van der Waals surface area contributed by atoms with Gasteiger partial charge < -0.3 is 0 Å². The van der Waals surface area contributed by atoms with Crippen molar-refractivity contribution in [1.29, 1.82) is 5.26 Å². The minimum Gasteiger partial charge on any atom is -0.243 e. The first-order chi connectivity index (χ1) is 10.3. The van der Waals surface area contributed by atoms with Gasteiger partial charge in [0.25, 0.3) is 0 Å². The summed E-state index contributed by atoms with van der Waals surface area (Å²) >= 11 is 0. The lowest BCUT2D eigenvalue weighted by Gasteiger charge is -2.00. The lowest BCUT2D eigenvalue weighted by atomic mass is 10.1. The maximum absolute atomic E-state index is 12.1. The highest BCUT2D eigenvalue weighted by molar-refractivity contribution is 5.78. The Labute approximate surface area is 119 Å². The molecule has 0 N–H and O–H groups in total.